The smallest absolute Gasteiger partial charge is 0.293 e. The fourth-order valence-corrected chi connectivity index (χ4v) is 3.09. The number of nitro benzene ring substituents is 1. The molecular formula is C20H23N3O5. The van der Waals surface area contributed by atoms with Crippen molar-refractivity contribution in [2.75, 3.05) is 32.1 Å². The quantitative estimate of drug-likeness (QED) is 0.607. The lowest BCUT2D eigenvalue weighted by atomic mass is 10.1. The fraction of sp³-hybridized carbons (Fsp3) is 0.350. The number of fused-ring (bicyclic) bond motifs is 1. The number of likely N-dealkylation sites (N-methyl/N-ethyl adjacent to an activating group) is 1. The van der Waals surface area contributed by atoms with Crippen LogP contribution in [0.2, 0.25) is 0 Å². The van der Waals surface area contributed by atoms with E-state index in [-0.39, 0.29) is 23.8 Å². The van der Waals surface area contributed by atoms with Gasteiger partial charge in [-0.05, 0) is 49.7 Å². The molecule has 0 bridgehead atoms. The Labute approximate surface area is 163 Å². The van der Waals surface area contributed by atoms with Gasteiger partial charge in [0.1, 0.15) is 18.9 Å². The van der Waals surface area contributed by atoms with Crippen LogP contribution in [0.3, 0.4) is 0 Å². The lowest BCUT2D eigenvalue weighted by Gasteiger charge is -2.21. The van der Waals surface area contributed by atoms with E-state index in [0.717, 1.165) is 16.9 Å². The second-order valence-corrected chi connectivity index (χ2v) is 6.86. The Hall–Kier alpha value is -3.13. The monoisotopic (exact) mass is 385 g/mol. The number of rotatable bonds is 6. The predicted molar refractivity (Wildman–Crippen MR) is 105 cm³/mol. The molecule has 8 nitrogen and oxygen atoms in total. The minimum atomic E-state index is -0.485. The van der Waals surface area contributed by atoms with Gasteiger partial charge in [-0.2, -0.15) is 0 Å². The molecule has 8 heteroatoms. The molecule has 1 amide bonds. The molecule has 2 aromatic carbocycles. The van der Waals surface area contributed by atoms with E-state index in [1.165, 1.54) is 6.07 Å². The molecule has 0 radical (unpaired) electrons. The molecule has 0 saturated heterocycles. The molecule has 148 valence electrons. The highest BCUT2D eigenvalue weighted by molar-refractivity contribution is 5.95. The number of benzene rings is 2. The Morgan fingerprint density at radius 2 is 1.89 bits per heavy atom. The average molecular weight is 385 g/mol. The first-order valence-electron chi connectivity index (χ1n) is 8.96. The van der Waals surface area contributed by atoms with Crippen molar-refractivity contribution in [1.82, 2.24) is 4.90 Å². The van der Waals surface area contributed by atoms with Crippen molar-refractivity contribution in [3.63, 3.8) is 0 Å². The maximum atomic E-state index is 12.5. The Morgan fingerprint density at radius 1 is 1.18 bits per heavy atom. The van der Waals surface area contributed by atoms with Crippen molar-refractivity contribution in [3.05, 3.63) is 57.1 Å². The fourth-order valence-electron chi connectivity index (χ4n) is 3.09. The summed E-state index contributed by atoms with van der Waals surface area (Å²) >= 11 is 0. The normalized spacial score (nSPS) is 12.7. The van der Waals surface area contributed by atoms with Gasteiger partial charge in [-0.3, -0.25) is 19.8 Å². The van der Waals surface area contributed by atoms with Crippen LogP contribution < -0.4 is 14.8 Å². The van der Waals surface area contributed by atoms with Crippen molar-refractivity contribution in [1.29, 1.82) is 0 Å². The van der Waals surface area contributed by atoms with Gasteiger partial charge in [-0.25, -0.2) is 0 Å². The van der Waals surface area contributed by atoms with E-state index in [9.17, 15) is 14.9 Å². The lowest BCUT2D eigenvalue weighted by molar-refractivity contribution is -0.384. The molecule has 0 fully saturated rings. The van der Waals surface area contributed by atoms with Crippen LogP contribution in [0.5, 0.6) is 11.5 Å². The van der Waals surface area contributed by atoms with Crippen LogP contribution >= 0.6 is 0 Å². The van der Waals surface area contributed by atoms with Crippen molar-refractivity contribution in [2.45, 2.75) is 20.4 Å². The van der Waals surface area contributed by atoms with Crippen molar-refractivity contribution in [2.24, 2.45) is 0 Å². The van der Waals surface area contributed by atoms with Crippen LogP contribution in [0.25, 0.3) is 0 Å². The summed E-state index contributed by atoms with van der Waals surface area (Å²) in [5.41, 5.74) is 2.70. The summed E-state index contributed by atoms with van der Waals surface area (Å²) < 4.78 is 11.1. The molecule has 1 heterocycles. The summed E-state index contributed by atoms with van der Waals surface area (Å²) in [6.45, 7) is 5.29. The maximum absolute atomic E-state index is 12.5. The highest BCUT2D eigenvalue weighted by Gasteiger charge is 2.20. The van der Waals surface area contributed by atoms with Crippen LogP contribution in [-0.4, -0.2) is 42.5 Å². The first-order chi connectivity index (χ1) is 13.3. The number of aryl methyl sites for hydroxylation is 1. The van der Waals surface area contributed by atoms with E-state index in [2.05, 4.69) is 5.32 Å². The topological polar surface area (TPSA) is 93.9 Å². The minimum absolute atomic E-state index is 0.0962. The van der Waals surface area contributed by atoms with E-state index in [1.54, 1.807) is 13.0 Å². The highest BCUT2D eigenvalue weighted by Crippen LogP contribution is 2.31. The molecule has 1 aliphatic rings. The van der Waals surface area contributed by atoms with Crippen LogP contribution in [0.1, 0.15) is 16.7 Å². The predicted octanol–water partition coefficient (Wildman–Crippen LogP) is 3.05. The van der Waals surface area contributed by atoms with Gasteiger partial charge in [-0.15, -0.1) is 0 Å². The van der Waals surface area contributed by atoms with Gasteiger partial charge < -0.3 is 14.8 Å². The van der Waals surface area contributed by atoms with Crippen LogP contribution in [0.4, 0.5) is 11.4 Å². The van der Waals surface area contributed by atoms with Crippen LogP contribution in [0, 0.1) is 24.0 Å². The van der Waals surface area contributed by atoms with E-state index in [0.29, 0.717) is 31.1 Å². The summed E-state index contributed by atoms with van der Waals surface area (Å²) in [5, 5.41) is 14.0. The van der Waals surface area contributed by atoms with E-state index in [1.807, 2.05) is 37.1 Å². The van der Waals surface area contributed by atoms with E-state index in [4.69, 9.17) is 9.47 Å². The van der Waals surface area contributed by atoms with Gasteiger partial charge >= 0.3 is 0 Å². The molecule has 0 aliphatic carbocycles. The average Bonchev–Trinajstić information content (AvgIpc) is 2.65. The maximum Gasteiger partial charge on any atom is 0.293 e. The van der Waals surface area contributed by atoms with Gasteiger partial charge in [0.15, 0.2) is 11.5 Å². The summed E-state index contributed by atoms with van der Waals surface area (Å²) in [4.78, 5) is 25.1. The van der Waals surface area contributed by atoms with Crippen molar-refractivity contribution < 1.29 is 19.2 Å². The Bertz CT molecular complexity index is 913. The molecule has 2 aromatic rings. The van der Waals surface area contributed by atoms with Gasteiger partial charge in [0.25, 0.3) is 5.69 Å². The molecule has 0 atom stereocenters. The molecule has 0 aromatic heterocycles. The summed E-state index contributed by atoms with van der Waals surface area (Å²) in [5.74, 6) is 1.11. The first kappa shape index (κ1) is 19.6. The van der Waals surface area contributed by atoms with Gasteiger partial charge in [0.2, 0.25) is 5.91 Å². The summed E-state index contributed by atoms with van der Waals surface area (Å²) in [7, 11) is 1.81. The number of hydrogen-bond donors (Lipinski definition) is 1. The molecule has 0 unspecified atom stereocenters. The number of anilines is 1. The first-order valence-corrected chi connectivity index (χ1v) is 8.96. The number of amides is 1. The standard InChI is InChI=1S/C20H23N3O5/c1-13-4-6-16(23(25)26)20(14(13)2)21-19(24)12-22(3)11-15-5-7-17-18(10-15)28-9-8-27-17/h4-7,10H,8-9,11-12H2,1-3H3,(H,21,24). The molecule has 3 rings (SSSR count). The highest BCUT2D eigenvalue weighted by atomic mass is 16.6. The zero-order chi connectivity index (χ0) is 20.3. The van der Waals surface area contributed by atoms with Gasteiger partial charge in [0.05, 0.1) is 11.5 Å². The van der Waals surface area contributed by atoms with E-state index >= 15 is 0 Å². The Kier molecular flexibility index (Phi) is 5.79. The van der Waals surface area contributed by atoms with Gasteiger partial charge in [-0.1, -0.05) is 12.1 Å². The number of ether oxygens (including phenoxy) is 2. The number of nitro groups is 1. The Morgan fingerprint density at radius 3 is 2.61 bits per heavy atom. The van der Waals surface area contributed by atoms with Crippen molar-refractivity contribution in [3.8, 4) is 11.5 Å². The molecule has 1 aliphatic heterocycles. The molecule has 0 spiro atoms. The minimum Gasteiger partial charge on any atom is -0.486 e. The van der Waals surface area contributed by atoms with Gasteiger partial charge in [0, 0.05) is 12.6 Å². The zero-order valence-corrected chi connectivity index (χ0v) is 16.2. The number of nitrogens with one attached hydrogen (secondary N) is 1. The summed E-state index contributed by atoms with van der Waals surface area (Å²) in [6.07, 6.45) is 0. The molecule has 1 N–H and O–H groups in total. The number of carbonyl (C=O) groups is 1. The Balaban J connectivity index is 1.65. The second kappa shape index (κ2) is 8.26. The SMILES string of the molecule is Cc1ccc([N+](=O)[O-])c(NC(=O)CN(C)Cc2ccc3c(c2)OCCO3)c1C. The lowest BCUT2D eigenvalue weighted by Crippen LogP contribution is -2.30. The number of nitrogens with zero attached hydrogens (tertiary/aromatic N) is 2. The molecule has 28 heavy (non-hydrogen) atoms. The third kappa shape index (κ3) is 4.40. The van der Waals surface area contributed by atoms with E-state index < -0.39 is 4.92 Å². The third-order valence-electron chi connectivity index (χ3n) is 4.65. The largest absolute Gasteiger partial charge is 0.486 e. The zero-order valence-electron chi connectivity index (χ0n) is 16.2. The third-order valence-corrected chi connectivity index (χ3v) is 4.65. The second-order valence-electron chi connectivity index (χ2n) is 6.86. The number of hydrogen-bond acceptors (Lipinski definition) is 6. The molecular weight excluding hydrogens is 362 g/mol. The van der Waals surface area contributed by atoms with Crippen LogP contribution in [-0.2, 0) is 11.3 Å². The molecule has 0 saturated carbocycles. The number of carbonyl (C=O) groups excluding carboxylic acids is 1. The van der Waals surface area contributed by atoms with Crippen LogP contribution in [0.15, 0.2) is 30.3 Å². The van der Waals surface area contributed by atoms with Crippen molar-refractivity contribution >= 4 is 17.3 Å². The summed E-state index contributed by atoms with van der Waals surface area (Å²) in [6, 6.07) is 8.78.